The molecule has 6 nitrogen and oxygen atoms in total. The highest BCUT2D eigenvalue weighted by atomic mass is 16.7. The van der Waals surface area contributed by atoms with E-state index in [2.05, 4.69) is 9.97 Å². The number of ether oxygens (including phenoxy) is 1. The van der Waals surface area contributed by atoms with E-state index in [4.69, 9.17) is 14.0 Å². The van der Waals surface area contributed by atoms with Crippen molar-refractivity contribution in [3.8, 4) is 5.75 Å². The highest BCUT2D eigenvalue weighted by molar-refractivity contribution is 6.62. The largest absolute Gasteiger partial charge is 0.494 e. The van der Waals surface area contributed by atoms with Gasteiger partial charge >= 0.3 is 7.12 Å². The fourth-order valence-corrected chi connectivity index (χ4v) is 2.52. The highest BCUT2D eigenvalue weighted by Crippen LogP contribution is 2.36. The summed E-state index contributed by atoms with van der Waals surface area (Å²) in [6, 6.07) is 7.48. The normalized spacial score (nSPS) is 19.6. The summed E-state index contributed by atoms with van der Waals surface area (Å²) in [5.41, 5.74) is 0.757. The van der Waals surface area contributed by atoms with E-state index in [1.54, 1.807) is 18.6 Å². The van der Waals surface area contributed by atoms with Crippen molar-refractivity contribution in [1.82, 2.24) is 9.97 Å². The Labute approximate surface area is 148 Å². The number of hydrogen-bond donors (Lipinski definition) is 1. The maximum Gasteiger partial charge on any atom is 0.494 e. The van der Waals surface area contributed by atoms with Crippen LogP contribution in [0.2, 0.25) is 0 Å². The van der Waals surface area contributed by atoms with Crippen LogP contribution >= 0.6 is 0 Å². The van der Waals surface area contributed by atoms with Crippen LogP contribution < -0.4 is 10.2 Å². The fraction of sp³-hybridized carbons (Fsp3) is 0.444. The van der Waals surface area contributed by atoms with Gasteiger partial charge in [0.1, 0.15) is 11.4 Å². The average Bonchev–Trinajstić information content (AvgIpc) is 2.82. The van der Waals surface area contributed by atoms with Gasteiger partial charge < -0.3 is 19.2 Å². The smallest absolute Gasteiger partial charge is 0.482 e. The van der Waals surface area contributed by atoms with Gasteiger partial charge in [-0.2, -0.15) is 0 Å². The van der Waals surface area contributed by atoms with E-state index in [1.165, 1.54) is 0 Å². The Balaban J connectivity index is 1.71. The monoisotopic (exact) mass is 342 g/mol. The van der Waals surface area contributed by atoms with E-state index in [1.807, 2.05) is 52.0 Å². The summed E-state index contributed by atoms with van der Waals surface area (Å²) in [6.07, 6.45) is 4.18. The summed E-state index contributed by atoms with van der Waals surface area (Å²) >= 11 is 0. The average molecular weight is 342 g/mol. The van der Waals surface area contributed by atoms with E-state index in [0.717, 1.165) is 5.46 Å². The molecule has 0 amide bonds. The molecule has 0 bridgehead atoms. The Kier molecular flexibility index (Phi) is 4.82. The molecule has 0 saturated carbocycles. The minimum Gasteiger partial charge on any atom is -0.482 e. The number of nitrogens with zero attached hydrogens (tertiary/aromatic N) is 2. The van der Waals surface area contributed by atoms with Crippen LogP contribution in [-0.2, 0) is 9.31 Å². The minimum atomic E-state index is -0.559. The second-order valence-electron chi connectivity index (χ2n) is 7.08. The molecule has 2 heterocycles. The molecule has 0 spiro atoms. The first kappa shape index (κ1) is 17.9. The number of benzene rings is 1. The second kappa shape index (κ2) is 6.75. The van der Waals surface area contributed by atoms with Gasteiger partial charge in [0.2, 0.25) is 0 Å². The van der Waals surface area contributed by atoms with Crippen LogP contribution in [0.15, 0.2) is 42.9 Å². The lowest BCUT2D eigenvalue weighted by atomic mass is 9.79. The van der Waals surface area contributed by atoms with Crippen molar-refractivity contribution in [2.24, 2.45) is 0 Å². The van der Waals surface area contributed by atoms with Crippen molar-refractivity contribution in [2.75, 3.05) is 6.61 Å². The van der Waals surface area contributed by atoms with Gasteiger partial charge in [-0.15, -0.1) is 0 Å². The third-order valence-electron chi connectivity index (χ3n) is 4.76. The van der Waals surface area contributed by atoms with Gasteiger partial charge in [0.05, 0.1) is 24.0 Å². The van der Waals surface area contributed by atoms with Crippen LogP contribution in [0.5, 0.6) is 5.75 Å². The lowest BCUT2D eigenvalue weighted by Gasteiger charge is -2.32. The molecule has 132 valence electrons. The van der Waals surface area contributed by atoms with E-state index in [0.29, 0.717) is 11.4 Å². The number of aliphatic hydroxyl groups is 1. The Bertz CT molecular complexity index is 691. The van der Waals surface area contributed by atoms with Gasteiger partial charge in [0.25, 0.3) is 0 Å². The lowest BCUT2D eigenvalue weighted by molar-refractivity contribution is 0.00578. The molecule has 1 aromatic carbocycles. The first-order valence-corrected chi connectivity index (χ1v) is 8.31. The SMILES string of the molecule is CC1(C)OB(c2ccc(OC(CO)c3cnccn3)cc2)OC1(C)C. The third-order valence-corrected chi connectivity index (χ3v) is 4.76. The summed E-state index contributed by atoms with van der Waals surface area (Å²) in [7, 11) is -0.410. The van der Waals surface area contributed by atoms with Crippen LogP contribution in [0.4, 0.5) is 0 Å². The van der Waals surface area contributed by atoms with Crippen molar-refractivity contribution < 1.29 is 19.2 Å². The molecular formula is C18H23BN2O4. The zero-order valence-corrected chi connectivity index (χ0v) is 15.0. The molecule has 1 saturated heterocycles. The first-order chi connectivity index (χ1) is 11.8. The van der Waals surface area contributed by atoms with Gasteiger partial charge in [-0.25, -0.2) is 0 Å². The minimum absolute atomic E-state index is 0.183. The molecule has 1 N–H and O–H groups in total. The zero-order valence-electron chi connectivity index (χ0n) is 15.0. The summed E-state index contributed by atoms with van der Waals surface area (Å²) in [4.78, 5) is 8.17. The third kappa shape index (κ3) is 3.68. The summed E-state index contributed by atoms with van der Waals surface area (Å²) < 4.78 is 17.9. The van der Waals surface area contributed by atoms with Crippen molar-refractivity contribution in [2.45, 2.75) is 45.0 Å². The molecule has 0 aliphatic carbocycles. The van der Waals surface area contributed by atoms with Crippen molar-refractivity contribution in [1.29, 1.82) is 0 Å². The Hall–Kier alpha value is -1.96. The molecule has 3 rings (SSSR count). The standard InChI is InChI=1S/C18H23BN2O4/c1-17(2)18(3,4)25-19(24-17)13-5-7-14(8-6-13)23-16(12-22)15-11-20-9-10-21-15/h5-11,16,22H,12H2,1-4H3. The summed E-state index contributed by atoms with van der Waals surface area (Å²) in [5.74, 6) is 0.630. The van der Waals surface area contributed by atoms with Crippen molar-refractivity contribution in [3.63, 3.8) is 0 Å². The van der Waals surface area contributed by atoms with Crippen LogP contribution in [0.25, 0.3) is 0 Å². The summed E-state index contributed by atoms with van der Waals surface area (Å²) in [6.45, 7) is 7.92. The molecule has 25 heavy (non-hydrogen) atoms. The summed E-state index contributed by atoms with van der Waals surface area (Å²) in [5, 5.41) is 9.55. The van der Waals surface area contributed by atoms with Crippen LogP contribution in [0.1, 0.15) is 39.5 Å². The van der Waals surface area contributed by atoms with E-state index in [9.17, 15) is 5.11 Å². The maximum atomic E-state index is 9.55. The van der Waals surface area contributed by atoms with Crippen molar-refractivity contribution in [3.05, 3.63) is 48.5 Å². The second-order valence-corrected chi connectivity index (χ2v) is 7.08. The predicted octanol–water partition coefficient (Wildman–Crippen LogP) is 1.89. The molecular weight excluding hydrogens is 319 g/mol. The highest BCUT2D eigenvalue weighted by Gasteiger charge is 2.51. The van der Waals surface area contributed by atoms with E-state index in [-0.39, 0.29) is 17.8 Å². The van der Waals surface area contributed by atoms with E-state index >= 15 is 0 Å². The lowest BCUT2D eigenvalue weighted by Crippen LogP contribution is -2.41. The topological polar surface area (TPSA) is 73.7 Å². The van der Waals surface area contributed by atoms with Crippen LogP contribution in [0, 0.1) is 0 Å². The van der Waals surface area contributed by atoms with Crippen molar-refractivity contribution >= 4 is 12.6 Å². The van der Waals surface area contributed by atoms with Gasteiger partial charge in [-0.05, 0) is 45.3 Å². The molecule has 1 aliphatic heterocycles. The van der Waals surface area contributed by atoms with Gasteiger partial charge in [-0.3, -0.25) is 9.97 Å². The van der Waals surface area contributed by atoms with Gasteiger partial charge in [0, 0.05) is 12.4 Å². The zero-order chi connectivity index (χ0) is 18.1. The maximum absolute atomic E-state index is 9.55. The number of aromatic nitrogens is 2. The van der Waals surface area contributed by atoms with Crippen LogP contribution in [-0.4, -0.2) is 40.0 Å². The molecule has 1 aromatic heterocycles. The van der Waals surface area contributed by atoms with Gasteiger partial charge in [-0.1, -0.05) is 12.1 Å². The fourth-order valence-electron chi connectivity index (χ4n) is 2.52. The quantitative estimate of drug-likeness (QED) is 0.837. The molecule has 1 aliphatic rings. The molecule has 2 aromatic rings. The van der Waals surface area contributed by atoms with Gasteiger partial charge in [0.15, 0.2) is 6.10 Å². The molecule has 0 radical (unpaired) electrons. The molecule has 7 heteroatoms. The van der Waals surface area contributed by atoms with E-state index < -0.39 is 13.2 Å². The molecule has 1 atom stereocenters. The Morgan fingerprint density at radius 2 is 1.72 bits per heavy atom. The number of aliphatic hydroxyl groups excluding tert-OH is 1. The van der Waals surface area contributed by atoms with Crippen LogP contribution in [0.3, 0.4) is 0 Å². The molecule has 1 unspecified atom stereocenters. The molecule has 1 fully saturated rings. The predicted molar refractivity (Wildman–Crippen MR) is 94.6 cm³/mol. The Morgan fingerprint density at radius 1 is 1.08 bits per heavy atom. The number of rotatable bonds is 5. The Morgan fingerprint density at radius 3 is 2.24 bits per heavy atom. The number of hydrogen-bond acceptors (Lipinski definition) is 6. The first-order valence-electron chi connectivity index (χ1n) is 8.31.